The van der Waals surface area contributed by atoms with Gasteiger partial charge in [-0.2, -0.15) is 5.10 Å². The van der Waals surface area contributed by atoms with Gasteiger partial charge in [-0.1, -0.05) is 24.3 Å². The van der Waals surface area contributed by atoms with Crippen LogP contribution in [-0.2, 0) is 18.4 Å². The zero-order chi connectivity index (χ0) is 19.6. The van der Waals surface area contributed by atoms with Crippen LogP contribution in [0.2, 0.25) is 0 Å². The summed E-state index contributed by atoms with van der Waals surface area (Å²) in [4.78, 5) is 1.98. The summed E-state index contributed by atoms with van der Waals surface area (Å²) in [5.74, 6) is 0.354. The van der Waals surface area contributed by atoms with Crippen LogP contribution in [0.3, 0.4) is 0 Å². The Hall–Kier alpha value is -3.08. The Morgan fingerprint density at radius 2 is 2.07 bits per heavy atom. The van der Waals surface area contributed by atoms with Crippen molar-refractivity contribution in [1.29, 1.82) is 0 Å². The lowest BCUT2D eigenvalue weighted by atomic mass is 10.1. The summed E-state index contributed by atoms with van der Waals surface area (Å²) >= 11 is 0. The minimum atomic E-state index is -0.259. The van der Waals surface area contributed by atoms with Crippen molar-refractivity contribution in [2.45, 2.75) is 27.4 Å². The minimum absolute atomic E-state index is 0.155. The number of ether oxygens (including phenoxy) is 1. The maximum Gasteiger partial charge on any atom is 0.143 e. The smallest absolute Gasteiger partial charge is 0.143 e. The third-order valence-electron chi connectivity index (χ3n) is 4.48. The summed E-state index contributed by atoms with van der Waals surface area (Å²) in [6, 6.07) is 5.03. The van der Waals surface area contributed by atoms with Gasteiger partial charge in [-0.3, -0.25) is 4.68 Å². The monoisotopic (exact) mass is 365 g/mol. The fourth-order valence-corrected chi connectivity index (χ4v) is 3.07. The third kappa shape index (κ3) is 3.87. The fraction of sp³-hybridized carbons (Fsp3) is 0.227. The van der Waals surface area contributed by atoms with Crippen LogP contribution in [0, 0.1) is 12.7 Å². The van der Waals surface area contributed by atoms with Crippen molar-refractivity contribution >= 4 is 5.70 Å². The van der Waals surface area contributed by atoms with Gasteiger partial charge in [0.15, 0.2) is 0 Å². The molecule has 4 nitrogen and oxygen atoms in total. The van der Waals surface area contributed by atoms with E-state index < -0.39 is 0 Å². The Labute approximate surface area is 159 Å². The summed E-state index contributed by atoms with van der Waals surface area (Å²) < 4.78 is 21.8. The summed E-state index contributed by atoms with van der Waals surface area (Å²) in [6.45, 7) is 10.3. The number of nitrogens with zero attached hydrogens (tertiary/aromatic N) is 3. The molecular weight excluding hydrogens is 341 g/mol. The second kappa shape index (κ2) is 7.66. The van der Waals surface area contributed by atoms with Crippen LogP contribution in [0.1, 0.15) is 30.5 Å². The lowest BCUT2D eigenvalue weighted by Crippen LogP contribution is -2.20. The SMILES string of the molecule is C=C1C(OCc2c(C)cccc2F)=CC=CN1C(=C(C)C)c1cnn(C)c1. The molecule has 1 aliphatic heterocycles. The molecule has 0 unspecified atom stereocenters. The van der Waals surface area contributed by atoms with Gasteiger partial charge in [0.05, 0.1) is 17.6 Å². The fourth-order valence-electron chi connectivity index (χ4n) is 3.07. The standard InChI is InChI=1S/C22H24FN3O/c1-15(2)22(18-12-24-25(5)13-18)26-11-7-10-21(17(26)4)27-14-19-16(3)8-6-9-20(19)23/h6-13H,4,14H2,1-3,5H3. The average molecular weight is 365 g/mol. The second-order valence-corrected chi connectivity index (χ2v) is 6.76. The van der Waals surface area contributed by atoms with Gasteiger partial charge in [0.2, 0.25) is 0 Å². The molecular formula is C22H24FN3O. The van der Waals surface area contributed by atoms with Crippen LogP contribution in [0.4, 0.5) is 4.39 Å². The number of allylic oxidation sites excluding steroid dienone is 3. The van der Waals surface area contributed by atoms with E-state index in [0.717, 1.165) is 22.4 Å². The highest BCUT2D eigenvalue weighted by molar-refractivity contribution is 5.69. The topological polar surface area (TPSA) is 30.3 Å². The number of aryl methyl sites for hydroxylation is 2. The van der Waals surface area contributed by atoms with E-state index in [9.17, 15) is 4.39 Å². The second-order valence-electron chi connectivity index (χ2n) is 6.76. The van der Waals surface area contributed by atoms with Crippen molar-refractivity contribution in [3.8, 4) is 0 Å². The van der Waals surface area contributed by atoms with E-state index in [1.165, 1.54) is 6.07 Å². The van der Waals surface area contributed by atoms with Gasteiger partial charge in [0.1, 0.15) is 18.2 Å². The van der Waals surface area contributed by atoms with E-state index >= 15 is 0 Å². The molecule has 1 aromatic carbocycles. The van der Waals surface area contributed by atoms with Crippen molar-refractivity contribution in [1.82, 2.24) is 14.7 Å². The van der Waals surface area contributed by atoms with Crippen LogP contribution < -0.4 is 0 Å². The first-order valence-corrected chi connectivity index (χ1v) is 8.78. The Bertz CT molecular complexity index is 941. The van der Waals surface area contributed by atoms with Gasteiger partial charge in [0.25, 0.3) is 0 Å². The van der Waals surface area contributed by atoms with Crippen molar-refractivity contribution in [2.24, 2.45) is 7.05 Å². The summed E-state index contributed by atoms with van der Waals surface area (Å²) in [5.41, 5.74) is 5.24. The highest BCUT2D eigenvalue weighted by Crippen LogP contribution is 2.32. The van der Waals surface area contributed by atoms with Gasteiger partial charge in [0, 0.05) is 30.6 Å². The number of benzene rings is 1. The largest absolute Gasteiger partial charge is 0.487 e. The molecule has 5 heteroatoms. The molecule has 0 atom stereocenters. The Kier molecular flexibility index (Phi) is 5.31. The maximum atomic E-state index is 14.1. The van der Waals surface area contributed by atoms with E-state index in [0.29, 0.717) is 17.0 Å². The van der Waals surface area contributed by atoms with Gasteiger partial charge in [-0.15, -0.1) is 0 Å². The van der Waals surface area contributed by atoms with E-state index in [1.54, 1.807) is 10.7 Å². The molecule has 0 spiro atoms. The molecule has 0 amide bonds. The van der Waals surface area contributed by atoms with Gasteiger partial charge in [-0.05, 0) is 44.6 Å². The van der Waals surface area contributed by atoms with Crippen LogP contribution >= 0.6 is 0 Å². The molecule has 0 aliphatic carbocycles. The van der Waals surface area contributed by atoms with Gasteiger partial charge < -0.3 is 9.64 Å². The highest BCUT2D eigenvalue weighted by Gasteiger charge is 2.21. The Morgan fingerprint density at radius 1 is 1.30 bits per heavy atom. The third-order valence-corrected chi connectivity index (χ3v) is 4.48. The molecule has 0 saturated heterocycles. The summed E-state index contributed by atoms with van der Waals surface area (Å²) in [7, 11) is 1.89. The van der Waals surface area contributed by atoms with E-state index in [4.69, 9.17) is 4.74 Å². The highest BCUT2D eigenvalue weighted by atomic mass is 19.1. The Morgan fingerprint density at radius 3 is 2.70 bits per heavy atom. The molecule has 2 heterocycles. The molecule has 27 heavy (non-hydrogen) atoms. The molecule has 0 N–H and O–H groups in total. The lowest BCUT2D eigenvalue weighted by Gasteiger charge is -2.30. The van der Waals surface area contributed by atoms with Gasteiger partial charge >= 0.3 is 0 Å². The number of hydrogen-bond acceptors (Lipinski definition) is 3. The quantitative estimate of drug-likeness (QED) is 0.742. The molecule has 0 radical (unpaired) electrons. The van der Waals surface area contributed by atoms with Crippen molar-refractivity contribution < 1.29 is 9.13 Å². The normalized spacial score (nSPS) is 13.6. The molecule has 140 valence electrons. The lowest BCUT2D eigenvalue weighted by molar-refractivity contribution is 0.193. The maximum absolute atomic E-state index is 14.1. The van der Waals surface area contributed by atoms with E-state index in [1.807, 2.05) is 69.5 Å². The predicted molar refractivity (Wildman–Crippen MR) is 106 cm³/mol. The molecule has 1 aliphatic rings. The van der Waals surface area contributed by atoms with Crippen LogP contribution in [0.5, 0.6) is 0 Å². The van der Waals surface area contributed by atoms with Crippen molar-refractivity contribution in [3.63, 3.8) is 0 Å². The Balaban J connectivity index is 1.82. The van der Waals surface area contributed by atoms with Gasteiger partial charge in [-0.25, -0.2) is 4.39 Å². The number of halogens is 1. The first kappa shape index (κ1) is 18.7. The number of aromatic nitrogens is 2. The van der Waals surface area contributed by atoms with Crippen LogP contribution in [0.25, 0.3) is 5.70 Å². The van der Waals surface area contributed by atoms with E-state index in [2.05, 4.69) is 11.7 Å². The number of rotatable bonds is 5. The first-order chi connectivity index (χ1) is 12.9. The number of hydrogen-bond donors (Lipinski definition) is 0. The molecule has 3 rings (SSSR count). The molecule has 0 fully saturated rings. The predicted octanol–water partition coefficient (Wildman–Crippen LogP) is 5.06. The molecule has 0 saturated carbocycles. The zero-order valence-corrected chi connectivity index (χ0v) is 16.2. The molecule has 2 aromatic rings. The van der Waals surface area contributed by atoms with Crippen molar-refractivity contribution in [2.75, 3.05) is 0 Å². The molecule has 1 aromatic heterocycles. The average Bonchev–Trinajstić information content (AvgIpc) is 3.03. The summed E-state index contributed by atoms with van der Waals surface area (Å²) in [6.07, 6.45) is 9.48. The van der Waals surface area contributed by atoms with Crippen LogP contribution in [-0.4, -0.2) is 14.7 Å². The first-order valence-electron chi connectivity index (χ1n) is 8.78. The summed E-state index contributed by atoms with van der Waals surface area (Å²) in [5, 5.41) is 4.27. The minimum Gasteiger partial charge on any atom is -0.487 e. The van der Waals surface area contributed by atoms with Crippen molar-refractivity contribution in [3.05, 3.63) is 95.1 Å². The van der Waals surface area contributed by atoms with Crippen LogP contribution in [0.15, 0.2) is 72.6 Å². The zero-order valence-electron chi connectivity index (χ0n) is 16.2. The van der Waals surface area contributed by atoms with E-state index in [-0.39, 0.29) is 12.4 Å². The molecule has 0 bridgehead atoms.